The van der Waals surface area contributed by atoms with Crippen LogP contribution in [-0.2, 0) is 4.74 Å². The number of hydrogen-bond donors (Lipinski definition) is 2. The maximum absolute atomic E-state index is 11.3. The smallest absolute Gasteiger partial charge is 0.338 e. The van der Waals surface area contributed by atoms with Crippen LogP contribution in [0.2, 0.25) is 0 Å². The molecule has 4 nitrogen and oxygen atoms in total. The van der Waals surface area contributed by atoms with Gasteiger partial charge in [0, 0.05) is 10.2 Å². The molecule has 0 amide bonds. The van der Waals surface area contributed by atoms with Crippen molar-refractivity contribution in [2.75, 3.05) is 18.9 Å². The Morgan fingerprint density at radius 1 is 1.57 bits per heavy atom. The Morgan fingerprint density at radius 3 is 2.86 bits per heavy atom. The van der Waals surface area contributed by atoms with Crippen LogP contribution >= 0.6 is 15.9 Å². The highest BCUT2D eigenvalue weighted by atomic mass is 79.9. The Morgan fingerprint density at radius 2 is 2.29 bits per heavy atom. The lowest BCUT2D eigenvalue weighted by Crippen LogP contribution is -2.09. The van der Waals surface area contributed by atoms with E-state index < -0.39 is 5.97 Å². The van der Waals surface area contributed by atoms with E-state index >= 15 is 0 Å². The van der Waals surface area contributed by atoms with Gasteiger partial charge in [-0.05, 0) is 34.1 Å². The van der Waals surface area contributed by atoms with Gasteiger partial charge < -0.3 is 15.6 Å². The molecule has 3 N–H and O–H groups in total. The molecule has 0 heterocycles. The number of halogens is 1. The third-order valence-electron chi connectivity index (χ3n) is 1.56. The fourth-order valence-electron chi connectivity index (χ4n) is 0.892. The van der Waals surface area contributed by atoms with E-state index in [0.717, 1.165) is 4.47 Å². The summed E-state index contributed by atoms with van der Waals surface area (Å²) in [6, 6.07) is 4.79. The van der Waals surface area contributed by atoms with Crippen molar-refractivity contribution in [3.63, 3.8) is 0 Å². The number of hydrogen-bond acceptors (Lipinski definition) is 4. The van der Waals surface area contributed by atoms with E-state index in [1.54, 1.807) is 12.1 Å². The fraction of sp³-hybridized carbons (Fsp3) is 0.222. The van der Waals surface area contributed by atoms with Gasteiger partial charge in [0.05, 0.1) is 12.2 Å². The number of carbonyl (C=O) groups excluding carboxylic acids is 1. The quantitative estimate of drug-likeness (QED) is 0.632. The molecule has 0 fully saturated rings. The number of carbonyl (C=O) groups is 1. The van der Waals surface area contributed by atoms with Gasteiger partial charge in [0.15, 0.2) is 0 Å². The summed E-state index contributed by atoms with van der Waals surface area (Å²) >= 11 is 3.21. The van der Waals surface area contributed by atoms with E-state index in [0.29, 0.717) is 11.3 Å². The number of benzene rings is 1. The molecule has 0 aliphatic carbocycles. The van der Waals surface area contributed by atoms with Gasteiger partial charge in [0.2, 0.25) is 0 Å². The average Bonchev–Trinajstić information content (AvgIpc) is 2.18. The highest BCUT2D eigenvalue weighted by Gasteiger charge is 2.07. The van der Waals surface area contributed by atoms with E-state index in [9.17, 15) is 4.79 Å². The first kappa shape index (κ1) is 11.0. The average molecular weight is 260 g/mol. The first-order chi connectivity index (χ1) is 6.65. The topological polar surface area (TPSA) is 72.6 Å². The summed E-state index contributed by atoms with van der Waals surface area (Å²) in [7, 11) is 0. The summed E-state index contributed by atoms with van der Waals surface area (Å²) in [4.78, 5) is 11.3. The van der Waals surface area contributed by atoms with Gasteiger partial charge in [-0.15, -0.1) is 0 Å². The largest absolute Gasteiger partial charge is 0.460 e. The van der Waals surface area contributed by atoms with Crippen LogP contribution in [0.4, 0.5) is 5.69 Å². The molecule has 1 aromatic rings. The van der Waals surface area contributed by atoms with Crippen molar-refractivity contribution in [2.45, 2.75) is 0 Å². The van der Waals surface area contributed by atoms with Crippen molar-refractivity contribution < 1.29 is 14.6 Å². The molecule has 0 aromatic heterocycles. The van der Waals surface area contributed by atoms with Crippen LogP contribution in [0, 0.1) is 0 Å². The lowest BCUT2D eigenvalue weighted by Gasteiger charge is -2.04. The molecular weight excluding hydrogens is 250 g/mol. The molecule has 5 heteroatoms. The summed E-state index contributed by atoms with van der Waals surface area (Å²) in [6.07, 6.45) is 0. The Bertz CT molecular complexity index is 341. The zero-order valence-electron chi connectivity index (χ0n) is 7.37. The molecule has 0 spiro atoms. The van der Waals surface area contributed by atoms with E-state index in [1.807, 2.05) is 0 Å². The molecule has 0 aliphatic heterocycles. The number of aliphatic hydroxyl groups is 1. The van der Waals surface area contributed by atoms with Crippen molar-refractivity contribution in [1.82, 2.24) is 0 Å². The van der Waals surface area contributed by atoms with Gasteiger partial charge >= 0.3 is 5.97 Å². The third kappa shape index (κ3) is 2.71. The van der Waals surface area contributed by atoms with Crippen LogP contribution in [0.5, 0.6) is 0 Å². The Kier molecular flexibility index (Phi) is 3.91. The van der Waals surface area contributed by atoms with E-state index in [4.69, 9.17) is 15.6 Å². The molecule has 1 rings (SSSR count). The first-order valence-electron chi connectivity index (χ1n) is 3.98. The van der Waals surface area contributed by atoms with Crippen LogP contribution in [0.15, 0.2) is 22.7 Å². The molecule has 14 heavy (non-hydrogen) atoms. The van der Waals surface area contributed by atoms with Gasteiger partial charge in [-0.25, -0.2) is 4.79 Å². The number of nitrogens with two attached hydrogens (primary N) is 1. The lowest BCUT2D eigenvalue weighted by atomic mass is 10.2. The minimum Gasteiger partial charge on any atom is -0.460 e. The van der Waals surface area contributed by atoms with Crippen molar-refractivity contribution >= 4 is 27.6 Å². The molecular formula is C9H10BrNO3. The SMILES string of the molecule is Nc1cc(C(=O)OCCO)ccc1Br. The summed E-state index contributed by atoms with van der Waals surface area (Å²) in [5.74, 6) is -0.488. The maximum atomic E-state index is 11.3. The predicted octanol–water partition coefficient (Wildman–Crippen LogP) is 1.18. The van der Waals surface area contributed by atoms with E-state index in [2.05, 4.69) is 15.9 Å². The molecule has 0 saturated carbocycles. The maximum Gasteiger partial charge on any atom is 0.338 e. The summed E-state index contributed by atoms with van der Waals surface area (Å²) in [6.45, 7) is -0.188. The Balaban J connectivity index is 2.76. The third-order valence-corrected chi connectivity index (χ3v) is 2.28. The van der Waals surface area contributed by atoms with Crippen LogP contribution in [-0.4, -0.2) is 24.3 Å². The molecule has 0 atom stereocenters. The molecule has 0 radical (unpaired) electrons. The second-order valence-electron chi connectivity index (χ2n) is 2.60. The first-order valence-corrected chi connectivity index (χ1v) is 4.77. The van der Waals surface area contributed by atoms with Gasteiger partial charge in [0.25, 0.3) is 0 Å². The summed E-state index contributed by atoms with van der Waals surface area (Å²) < 4.78 is 5.44. The van der Waals surface area contributed by atoms with Crippen molar-refractivity contribution in [3.8, 4) is 0 Å². The molecule has 1 aromatic carbocycles. The molecule has 0 bridgehead atoms. The number of rotatable bonds is 3. The molecule has 76 valence electrons. The van der Waals surface area contributed by atoms with Gasteiger partial charge in [0.1, 0.15) is 6.61 Å². The van der Waals surface area contributed by atoms with E-state index in [-0.39, 0.29) is 13.2 Å². The van der Waals surface area contributed by atoms with Crippen molar-refractivity contribution in [2.24, 2.45) is 0 Å². The van der Waals surface area contributed by atoms with Crippen LogP contribution in [0.25, 0.3) is 0 Å². The molecule has 0 aliphatic rings. The number of esters is 1. The standard InChI is InChI=1S/C9H10BrNO3/c10-7-2-1-6(5-8(7)11)9(13)14-4-3-12/h1-2,5,12H,3-4,11H2. The molecule has 0 saturated heterocycles. The lowest BCUT2D eigenvalue weighted by molar-refractivity contribution is 0.0434. The molecule has 0 unspecified atom stereocenters. The Labute approximate surface area is 89.8 Å². The van der Waals surface area contributed by atoms with Crippen LogP contribution < -0.4 is 5.73 Å². The highest BCUT2D eigenvalue weighted by Crippen LogP contribution is 2.20. The predicted molar refractivity (Wildman–Crippen MR) is 55.9 cm³/mol. The number of anilines is 1. The fourth-order valence-corrected chi connectivity index (χ4v) is 1.14. The van der Waals surface area contributed by atoms with Gasteiger partial charge in [-0.1, -0.05) is 0 Å². The zero-order valence-corrected chi connectivity index (χ0v) is 8.95. The number of ether oxygens (including phenoxy) is 1. The van der Waals surface area contributed by atoms with E-state index in [1.165, 1.54) is 6.07 Å². The van der Waals surface area contributed by atoms with Crippen LogP contribution in [0.3, 0.4) is 0 Å². The normalized spacial score (nSPS) is 9.86. The van der Waals surface area contributed by atoms with Crippen molar-refractivity contribution in [3.05, 3.63) is 28.2 Å². The summed E-state index contributed by atoms with van der Waals surface area (Å²) in [5.41, 5.74) is 6.43. The highest BCUT2D eigenvalue weighted by molar-refractivity contribution is 9.10. The number of aliphatic hydroxyl groups excluding tert-OH is 1. The van der Waals surface area contributed by atoms with Gasteiger partial charge in [-0.3, -0.25) is 0 Å². The van der Waals surface area contributed by atoms with Gasteiger partial charge in [-0.2, -0.15) is 0 Å². The number of nitrogen functional groups attached to an aromatic ring is 1. The minimum atomic E-state index is -0.488. The van der Waals surface area contributed by atoms with Crippen molar-refractivity contribution in [1.29, 1.82) is 0 Å². The monoisotopic (exact) mass is 259 g/mol. The second-order valence-corrected chi connectivity index (χ2v) is 3.45. The minimum absolute atomic E-state index is 0.00516. The summed E-state index contributed by atoms with van der Waals surface area (Å²) in [5, 5.41) is 8.45. The zero-order chi connectivity index (χ0) is 10.6. The van der Waals surface area contributed by atoms with Crippen LogP contribution in [0.1, 0.15) is 10.4 Å². The second kappa shape index (κ2) is 4.97. The Hall–Kier alpha value is -1.07.